The van der Waals surface area contributed by atoms with Gasteiger partial charge in [-0.3, -0.25) is 9.59 Å². The van der Waals surface area contributed by atoms with Gasteiger partial charge in [-0.05, 0) is 32.6 Å². The van der Waals surface area contributed by atoms with Gasteiger partial charge in [0.25, 0.3) is 0 Å². The lowest BCUT2D eigenvalue weighted by Crippen LogP contribution is -2.47. The first-order valence-electron chi connectivity index (χ1n) is 11.2. The van der Waals surface area contributed by atoms with Crippen molar-refractivity contribution in [1.29, 1.82) is 0 Å². The van der Waals surface area contributed by atoms with E-state index in [1.165, 1.54) is 20.2 Å². The number of rotatable bonds is 5. The van der Waals surface area contributed by atoms with E-state index in [1.807, 2.05) is 0 Å². The number of amides is 1. The van der Waals surface area contributed by atoms with Gasteiger partial charge in [0.15, 0.2) is 11.6 Å². The largest absolute Gasteiger partial charge is 0.492 e. The standard InChI is InChI=1S/C23H23F4N3O5/c1-10-14-16(30(11-3-4-11)7-12(18(14)31)20(32)33)19(35-2)17(15(10)24)29-8-13(22(9-29)5-6-22)28-21(34)23(25,26)27/h7,11,13H,3-6,8-9H2,1-2H3,(H,28,34)(H,32,33)/t13-/m1/s1. The molecule has 188 valence electrons. The second-order valence-electron chi connectivity index (χ2n) is 9.63. The van der Waals surface area contributed by atoms with E-state index in [4.69, 9.17) is 4.74 Å². The molecule has 1 amide bonds. The summed E-state index contributed by atoms with van der Waals surface area (Å²) in [6.07, 6.45) is -1.15. The Hall–Kier alpha value is -3.31. The molecule has 3 fully saturated rings. The number of fused-ring (bicyclic) bond motifs is 1. The minimum atomic E-state index is -5.03. The Morgan fingerprint density at radius 2 is 1.91 bits per heavy atom. The molecule has 1 spiro atoms. The number of aromatic nitrogens is 1. The highest BCUT2D eigenvalue weighted by Gasteiger charge is 2.57. The SMILES string of the molecule is COc1c(N2C[C@@H](NC(=O)C(F)(F)F)C3(CC3)C2)c(F)c(C)c2c(=O)c(C(=O)O)cn(C3CC3)c12. The molecule has 1 atom stereocenters. The Labute approximate surface area is 196 Å². The van der Waals surface area contributed by atoms with Gasteiger partial charge in [0.2, 0.25) is 5.43 Å². The predicted molar refractivity (Wildman–Crippen MR) is 117 cm³/mol. The van der Waals surface area contributed by atoms with Crippen LogP contribution in [0.2, 0.25) is 0 Å². The molecule has 3 aliphatic rings. The van der Waals surface area contributed by atoms with Crippen molar-refractivity contribution in [2.24, 2.45) is 5.41 Å². The third kappa shape index (κ3) is 3.61. The number of benzene rings is 1. The molecular formula is C23H23F4N3O5. The van der Waals surface area contributed by atoms with E-state index >= 15 is 4.39 Å². The van der Waals surface area contributed by atoms with Crippen molar-refractivity contribution in [3.63, 3.8) is 0 Å². The van der Waals surface area contributed by atoms with Crippen LogP contribution in [0.5, 0.6) is 5.75 Å². The molecule has 12 heteroatoms. The fraction of sp³-hybridized carbons (Fsp3) is 0.522. The molecule has 5 rings (SSSR count). The van der Waals surface area contributed by atoms with E-state index in [-0.39, 0.29) is 47.0 Å². The van der Waals surface area contributed by atoms with Crippen molar-refractivity contribution in [2.75, 3.05) is 25.1 Å². The molecule has 8 nitrogen and oxygen atoms in total. The van der Waals surface area contributed by atoms with E-state index in [9.17, 15) is 32.7 Å². The molecule has 0 radical (unpaired) electrons. The summed E-state index contributed by atoms with van der Waals surface area (Å²) in [5, 5.41) is 11.5. The topological polar surface area (TPSA) is 101 Å². The quantitative estimate of drug-likeness (QED) is 0.616. The van der Waals surface area contributed by atoms with E-state index in [0.717, 1.165) is 12.8 Å². The fourth-order valence-corrected chi connectivity index (χ4v) is 5.23. The zero-order valence-electron chi connectivity index (χ0n) is 19.0. The predicted octanol–water partition coefficient (Wildman–Crippen LogP) is 3.14. The lowest BCUT2D eigenvalue weighted by molar-refractivity contribution is -0.174. The summed E-state index contributed by atoms with van der Waals surface area (Å²) in [6.45, 7) is 1.51. The summed E-state index contributed by atoms with van der Waals surface area (Å²) in [6, 6.07) is -0.924. The highest BCUT2D eigenvalue weighted by molar-refractivity contribution is 5.99. The van der Waals surface area contributed by atoms with Gasteiger partial charge in [-0.15, -0.1) is 0 Å². The maximum Gasteiger partial charge on any atom is 0.471 e. The first kappa shape index (κ1) is 23.4. The number of carbonyl (C=O) groups is 2. The number of hydrogen-bond donors (Lipinski definition) is 2. The van der Waals surface area contributed by atoms with Gasteiger partial charge in [-0.25, -0.2) is 9.18 Å². The Kier molecular flexibility index (Phi) is 5.08. The lowest BCUT2D eigenvalue weighted by atomic mass is 10.0. The summed E-state index contributed by atoms with van der Waals surface area (Å²) < 4.78 is 61.7. The number of ether oxygens (including phenoxy) is 1. The van der Waals surface area contributed by atoms with Crippen LogP contribution in [0.25, 0.3) is 10.9 Å². The normalized spacial score (nSPS) is 21.0. The molecule has 35 heavy (non-hydrogen) atoms. The van der Waals surface area contributed by atoms with E-state index in [0.29, 0.717) is 12.8 Å². The molecule has 2 saturated carbocycles. The van der Waals surface area contributed by atoms with Crippen LogP contribution >= 0.6 is 0 Å². The average molecular weight is 497 g/mol. The van der Waals surface area contributed by atoms with Gasteiger partial charge in [0.1, 0.15) is 11.3 Å². The van der Waals surface area contributed by atoms with Gasteiger partial charge >= 0.3 is 18.1 Å². The van der Waals surface area contributed by atoms with Crippen LogP contribution in [0.4, 0.5) is 23.2 Å². The van der Waals surface area contributed by atoms with Gasteiger partial charge < -0.3 is 24.6 Å². The van der Waals surface area contributed by atoms with Crippen LogP contribution in [0.3, 0.4) is 0 Å². The first-order valence-corrected chi connectivity index (χ1v) is 11.2. The van der Waals surface area contributed by atoms with Crippen molar-refractivity contribution in [1.82, 2.24) is 9.88 Å². The van der Waals surface area contributed by atoms with Crippen molar-refractivity contribution >= 4 is 28.5 Å². The van der Waals surface area contributed by atoms with Crippen LogP contribution in [0.1, 0.15) is 47.6 Å². The molecule has 1 saturated heterocycles. The third-order valence-corrected chi connectivity index (χ3v) is 7.37. The molecule has 2 N–H and O–H groups in total. The van der Waals surface area contributed by atoms with Gasteiger partial charge in [0, 0.05) is 36.3 Å². The molecule has 2 heterocycles. The minimum absolute atomic E-state index is 0.00981. The number of halogens is 4. The maximum absolute atomic E-state index is 15.9. The zero-order chi connectivity index (χ0) is 25.4. The molecule has 2 aliphatic carbocycles. The van der Waals surface area contributed by atoms with Crippen molar-refractivity contribution in [3.05, 3.63) is 33.4 Å². The van der Waals surface area contributed by atoms with Crippen LogP contribution < -0.4 is 20.4 Å². The van der Waals surface area contributed by atoms with Gasteiger partial charge in [0.05, 0.1) is 24.1 Å². The molecular weight excluding hydrogens is 474 g/mol. The summed E-state index contributed by atoms with van der Waals surface area (Å²) in [5.74, 6) is -4.26. The minimum Gasteiger partial charge on any atom is -0.492 e. The van der Waals surface area contributed by atoms with Crippen LogP contribution in [0.15, 0.2) is 11.0 Å². The Morgan fingerprint density at radius 3 is 2.43 bits per heavy atom. The van der Waals surface area contributed by atoms with E-state index < -0.39 is 46.3 Å². The van der Waals surface area contributed by atoms with E-state index in [2.05, 4.69) is 5.32 Å². The lowest BCUT2D eigenvalue weighted by Gasteiger charge is -2.26. The van der Waals surface area contributed by atoms with Crippen molar-refractivity contribution in [3.8, 4) is 5.75 Å². The van der Waals surface area contributed by atoms with Gasteiger partial charge in [-0.2, -0.15) is 13.2 Å². The van der Waals surface area contributed by atoms with Crippen molar-refractivity contribution in [2.45, 2.75) is 50.9 Å². The molecule has 1 aliphatic heterocycles. The Balaban J connectivity index is 1.67. The number of alkyl halides is 3. The van der Waals surface area contributed by atoms with E-state index in [1.54, 1.807) is 9.47 Å². The second kappa shape index (κ2) is 7.59. The van der Waals surface area contributed by atoms with Crippen molar-refractivity contribution < 1.29 is 37.0 Å². The highest BCUT2D eigenvalue weighted by atomic mass is 19.4. The number of pyridine rings is 1. The monoisotopic (exact) mass is 497 g/mol. The molecule has 1 aromatic carbocycles. The summed E-state index contributed by atoms with van der Waals surface area (Å²) in [5.41, 5.74) is -1.73. The Morgan fingerprint density at radius 1 is 1.26 bits per heavy atom. The number of nitrogens with one attached hydrogen (secondary N) is 1. The molecule has 0 unspecified atom stereocenters. The fourth-order valence-electron chi connectivity index (χ4n) is 5.23. The number of hydrogen-bond acceptors (Lipinski definition) is 5. The number of nitrogens with zero attached hydrogens (tertiary/aromatic N) is 2. The second-order valence-corrected chi connectivity index (χ2v) is 9.63. The first-order chi connectivity index (χ1) is 16.4. The molecule has 2 aromatic rings. The number of carboxylic acid groups (broad SMARTS) is 1. The van der Waals surface area contributed by atoms with Crippen LogP contribution in [0, 0.1) is 18.2 Å². The highest BCUT2D eigenvalue weighted by Crippen LogP contribution is 2.55. The number of carbonyl (C=O) groups excluding carboxylic acids is 1. The van der Waals surface area contributed by atoms with Crippen LogP contribution in [-0.2, 0) is 4.79 Å². The number of anilines is 1. The number of aromatic carboxylic acids is 1. The summed E-state index contributed by atoms with van der Waals surface area (Å²) in [7, 11) is 1.30. The Bertz CT molecular complexity index is 1330. The third-order valence-electron chi connectivity index (χ3n) is 7.37. The molecule has 1 aromatic heterocycles. The number of aryl methyl sites for hydroxylation is 1. The summed E-state index contributed by atoms with van der Waals surface area (Å²) in [4.78, 5) is 37.9. The number of carboxylic acids is 1. The maximum atomic E-state index is 15.9. The summed E-state index contributed by atoms with van der Waals surface area (Å²) >= 11 is 0. The number of methoxy groups -OCH3 is 1. The van der Waals surface area contributed by atoms with Crippen LogP contribution in [-0.4, -0.2) is 54.0 Å². The zero-order valence-corrected chi connectivity index (χ0v) is 19.0. The average Bonchev–Trinajstić information content (AvgIpc) is 3.69. The smallest absolute Gasteiger partial charge is 0.471 e. The molecule has 0 bridgehead atoms. The van der Waals surface area contributed by atoms with Gasteiger partial charge in [-0.1, -0.05) is 0 Å².